The molecule has 0 aromatic heterocycles. The number of rotatable bonds is 9. The van der Waals surface area contributed by atoms with Gasteiger partial charge in [0, 0.05) is 24.4 Å². The molecule has 0 saturated heterocycles. The van der Waals surface area contributed by atoms with Gasteiger partial charge in [-0.2, -0.15) is 0 Å². The Labute approximate surface area is 346 Å². The molecule has 4 aliphatic carbocycles. The first-order chi connectivity index (χ1) is 27.5. The topological polar surface area (TPSA) is 3.24 Å². The number of hydrogen-bond donors (Lipinski definition) is 0. The molecule has 6 rings (SSSR count). The Morgan fingerprint density at radius 2 is 1.58 bits per heavy atom. The number of anilines is 1. The Morgan fingerprint density at radius 3 is 2.23 bits per heavy atom. The summed E-state index contributed by atoms with van der Waals surface area (Å²) in [6, 6.07) is 19.2. The first-order valence-corrected chi connectivity index (χ1v) is 20.6. The van der Waals surface area contributed by atoms with E-state index in [0.29, 0.717) is 0 Å². The third-order valence-electron chi connectivity index (χ3n) is 11.2. The van der Waals surface area contributed by atoms with E-state index < -0.39 is 0 Å². The van der Waals surface area contributed by atoms with Gasteiger partial charge in [0.25, 0.3) is 0 Å². The lowest BCUT2D eigenvalue weighted by Gasteiger charge is -2.24. The lowest BCUT2D eigenvalue weighted by Crippen LogP contribution is -2.17. The number of nitrogens with zero attached hydrogens (tertiary/aromatic N) is 1. The van der Waals surface area contributed by atoms with Gasteiger partial charge in [0.1, 0.15) is 0 Å². The molecular weight excluding hydrogens is 687 g/mol. The second-order valence-electron chi connectivity index (χ2n) is 15.3. The van der Waals surface area contributed by atoms with Crippen molar-refractivity contribution < 1.29 is 0 Å². The molecule has 3 atom stereocenters. The van der Waals surface area contributed by atoms with Crippen LogP contribution in [-0.4, -0.2) is 7.05 Å². The van der Waals surface area contributed by atoms with Crippen LogP contribution in [-0.2, 0) is 0 Å². The van der Waals surface area contributed by atoms with Crippen molar-refractivity contribution >= 4 is 11.3 Å². The van der Waals surface area contributed by atoms with Gasteiger partial charge >= 0.3 is 0 Å². The molecule has 2 aromatic rings. The molecule has 0 aliphatic heterocycles. The van der Waals surface area contributed by atoms with Crippen LogP contribution in [0.1, 0.15) is 84.3 Å². The Bertz CT molecular complexity index is 2100. The summed E-state index contributed by atoms with van der Waals surface area (Å²) in [7, 11) is 2.06. The molecule has 3 unspecified atom stereocenters. The fourth-order valence-electron chi connectivity index (χ4n) is 7.37. The highest BCUT2D eigenvalue weighted by molar-refractivity contribution is 5.73. The predicted octanol–water partition coefficient (Wildman–Crippen LogP) is 15.8. The van der Waals surface area contributed by atoms with E-state index in [1.54, 1.807) is 6.08 Å². The van der Waals surface area contributed by atoms with Gasteiger partial charge in [-0.25, -0.2) is 0 Å². The standard InChI is InChI=1S/C27H28.C20H23N.C9H14/c1-5-13-23(14-6-2)27-21(4)20(3)19-26(22-15-9-7-10-16-22)24-17-11-8-12-18-25(24)27;1-5-16(2)18-12-14-20(15-13-18)21(4)17(3)19-10-8-6-7-9-11-19;1-7-4-5-8(2)9(3)6-7/h5-10,12-19,26H,1,11H2,2-4H3;5-6,8,10,12-15H,1-3,7,9,11H2,4H3;4-6,8-9H,1-3H3/b14-6-,23-13+;;. The van der Waals surface area contributed by atoms with Crippen LogP contribution in [0, 0.1) is 11.8 Å². The number of fused-ring (bicyclic) bond motifs is 1. The van der Waals surface area contributed by atoms with Gasteiger partial charge < -0.3 is 4.90 Å². The summed E-state index contributed by atoms with van der Waals surface area (Å²) in [6.07, 6.45) is 39.3. The fraction of sp³-hybridized carbons (Fsp3) is 0.250. The lowest BCUT2D eigenvalue weighted by molar-refractivity contribution is 0.548. The van der Waals surface area contributed by atoms with Gasteiger partial charge in [0.2, 0.25) is 0 Å². The molecule has 2 aromatic carbocycles. The summed E-state index contributed by atoms with van der Waals surface area (Å²) in [6.45, 7) is 29.1. The van der Waals surface area contributed by atoms with Crippen LogP contribution in [0.15, 0.2) is 228 Å². The maximum Gasteiger partial charge on any atom is 0.0408 e. The number of hydrogen-bond acceptors (Lipinski definition) is 1. The Hall–Kier alpha value is -5.66. The second kappa shape index (κ2) is 22.2. The maximum absolute atomic E-state index is 4.26. The van der Waals surface area contributed by atoms with E-state index in [2.05, 4.69) is 219 Å². The largest absolute Gasteiger partial charge is 0.345 e. The van der Waals surface area contributed by atoms with Gasteiger partial charge in [0.05, 0.1) is 0 Å². The Balaban J connectivity index is 0.000000212. The molecule has 1 nitrogen and oxygen atoms in total. The molecule has 0 saturated carbocycles. The molecule has 4 aliphatic rings. The highest BCUT2D eigenvalue weighted by Gasteiger charge is 2.26. The van der Waals surface area contributed by atoms with Crippen LogP contribution in [0.2, 0.25) is 0 Å². The number of likely N-dealkylation sites (N-methyl/N-ethyl adjacent to an activating group) is 1. The Kier molecular flexibility index (Phi) is 17.1. The minimum atomic E-state index is 0.264. The average molecular weight is 752 g/mol. The van der Waals surface area contributed by atoms with Crippen molar-refractivity contribution in [3.8, 4) is 0 Å². The SMILES string of the molecule is C=C/C=C(\C=C/C)C1=C(C)C(C)=CC(c2ccccc2)C2=CCC=CC=C21.C=CC(=C)c1ccc(N(C)C(=C)C2=CC=CCCC2)cc1.CC1=CC(C)C(C)C=C1. The third-order valence-corrected chi connectivity index (χ3v) is 11.2. The van der Waals surface area contributed by atoms with E-state index in [1.165, 1.54) is 56.6 Å². The molecule has 0 amide bonds. The molecule has 294 valence electrons. The van der Waals surface area contributed by atoms with E-state index in [4.69, 9.17) is 0 Å². The molecular formula is C56H65N. The van der Waals surface area contributed by atoms with Crippen LogP contribution in [0.25, 0.3) is 5.57 Å². The molecule has 57 heavy (non-hydrogen) atoms. The summed E-state index contributed by atoms with van der Waals surface area (Å²) < 4.78 is 0. The van der Waals surface area contributed by atoms with Crippen molar-refractivity contribution in [2.45, 2.75) is 73.1 Å². The van der Waals surface area contributed by atoms with Crippen molar-refractivity contribution in [3.05, 3.63) is 240 Å². The second-order valence-corrected chi connectivity index (χ2v) is 15.3. The van der Waals surface area contributed by atoms with E-state index in [9.17, 15) is 0 Å². The highest BCUT2D eigenvalue weighted by Crippen LogP contribution is 2.44. The number of benzene rings is 2. The smallest absolute Gasteiger partial charge is 0.0408 e. The van der Waals surface area contributed by atoms with Crippen molar-refractivity contribution in [1.82, 2.24) is 0 Å². The van der Waals surface area contributed by atoms with E-state index in [1.807, 2.05) is 6.08 Å². The molecule has 0 spiro atoms. The third kappa shape index (κ3) is 12.2. The zero-order valence-corrected chi connectivity index (χ0v) is 35.8. The molecule has 0 radical (unpaired) electrons. The summed E-state index contributed by atoms with van der Waals surface area (Å²) >= 11 is 0. The van der Waals surface area contributed by atoms with Crippen molar-refractivity contribution in [2.24, 2.45) is 11.8 Å². The zero-order valence-electron chi connectivity index (χ0n) is 35.8. The van der Waals surface area contributed by atoms with Crippen molar-refractivity contribution in [1.29, 1.82) is 0 Å². The zero-order chi connectivity index (χ0) is 41.3. The maximum atomic E-state index is 4.26. The van der Waals surface area contributed by atoms with Crippen LogP contribution in [0.4, 0.5) is 5.69 Å². The Morgan fingerprint density at radius 1 is 0.860 bits per heavy atom. The normalized spacial score (nSPS) is 20.3. The van der Waals surface area contributed by atoms with Crippen LogP contribution < -0.4 is 4.90 Å². The minimum absolute atomic E-state index is 0.264. The molecule has 0 N–H and O–H groups in total. The lowest BCUT2D eigenvalue weighted by atomic mass is 9.82. The van der Waals surface area contributed by atoms with Gasteiger partial charge in [-0.3, -0.25) is 0 Å². The first kappa shape index (κ1) is 44.1. The summed E-state index contributed by atoms with van der Waals surface area (Å²) in [5.74, 6) is 1.73. The molecule has 0 bridgehead atoms. The molecule has 0 heterocycles. The van der Waals surface area contributed by atoms with E-state index in [-0.39, 0.29) is 5.92 Å². The van der Waals surface area contributed by atoms with Crippen LogP contribution in [0.5, 0.6) is 0 Å². The summed E-state index contributed by atoms with van der Waals surface area (Å²) in [5, 5.41) is 0. The highest BCUT2D eigenvalue weighted by atomic mass is 15.1. The van der Waals surface area contributed by atoms with Crippen LogP contribution in [0.3, 0.4) is 0 Å². The van der Waals surface area contributed by atoms with Crippen LogP contribution >= 0.6 is 0 Å². The minimum Gasteiger partial charge on any atom is -0.345 e. The monoisotopic (exact) mass is 752 g/mol. The van der Waals surface area contributed by atoms with Gasteiger partial charge in [0.15, 0.2) is 0 Å². The first-order valence-electron chi connectivity index (χ1n) is 20.6. The van der Waals surface area contributed by atoms with E-state index in [0.717, 1.165) is 53.6 Å². The molecule has 1 heteroatoms. The summed E-state index contributed by atoms with van der Waals surface area (Å²) in [4.78, 5) is 2.14. The molecule has 0 fully saturated rings. The van der Waals surface area contributed by atoms with E-state index >= 15 is 0 Å². The quantitative estimate of drug-likeness (QED) is 0.231. The van der Waals surface area contributed by atoms with Gasteiger partial charge in [-0.15, -0.1) is 0 Å². The predicted molar refractivity (Wildman–Crippen MR) is 254 cm³/mol. The average Bonchev–Trinajstić information content (AvgIpc) is 3.69. The van der Waals surface area contributed by atoms with Gasteiger partial charge in [-0.05, 0) is 127 Å². The van der Waals surface area contributed by atoms with Crippen molar-refractivity contribution in [2.75, 3.05) is 11.9 Å². The van der Waals surface area contributed by atoms with Gasteiger partial charge in [-0.1, -0.05) is 191 Å². The fourth-order valence-corrected chi connectivity index (χ4v) is 7.37. The summed E-state index contributed by atoms with van der Waals surface area (Å²) in [5.41, 5.74) is 16.2. The van der Waals surface area contributed by atoms with Crippen molar-refractivity contribution in [3.63, 3.8) is 0 Å². The number of allylic oxidation sites excluding steroid dienone is 25.